The molecule has 2 aromatic carbocycles. The lowest BCUT2D eigenvalue weighted by molar-refractivity contribution is -0.143. The fourth-order valence-electron chi connectivity index (χ4n) is 2.65. The Morgan fingerprint density at radius 2 is 1.81 bits per heavy atom. The van der Waals surface area contributed by atoms with Gasteiger partial charge < -0.3 is 9.47 Å². The third-order valence-corrected chi connectivity index (χ3v) is 3.91. The molecule has 26 heavy (non-hydrogen) atoms. The fourth-order valence-corrected chi connectivity index (χ4v) is 2.65. The van der Waals surface area contributed by atoms with Crippen molar-refractivity contribution in [1.82, 2.24) is 0 Å². The monoisotopic (exact) mass is 353 g/mol. The Morgan fingerprint density at radius 3 is 2.58 bits per heavy atom. The average molecular weight is 353 g/mol. The molecule has 1 heterocycles. The van der Waals surface area contributed by atoms with Crippen molar-refractivity contribution in [1.29, 1.82) is 0 Å². The van der Waals surface area contributed by atoms with Gasteiger partial charge in [-0.2, -0.15) is 0 Å². The van der Waals surface area contributed by atoms with Crippen LogP contribution in [0.2, 0.25) is 0 Å². The summed E-state index contributed by atoms with van der Waals surface area (Å²) in [6, 6.07) is 13.0. The number of hydrogen-bond acceptors (Lipinski definition) is 6. The lowest BCUT2D eigenvalue weighted by Gasteiger charge is -2.15. The Kier molecular flexibility index (Phi) is 4.79. The third-order valence-electron chi connectivity index (χ3n) is 3.91. The zero-order valence-electron chi connectivity index (χ0n) is 13.9. The predicted octanol–water partition coefficient (Wildman–Crippen LogP) is 1.75. The van der Waals surface area contributed by atoms with E-state index in [2.05, 4.69) is 4.74 Å². The van der Waals surface area contributed by atoms with Gasteiger partial charge in [0, 0.05) is 0 Å². The number of ether oxygens (including phenoxy) is 2. The molecule has 0 bridgehead atoms. The summed E-state index contributed by atoms with van der Waals surface area (Å²) in [5.41, 5.74) is 1.61. The van der Waals surface area contributed by atoms with Crippen LogP contribution >= 0.6 is 0 Å². The van der Waals surface area contributed by atoms with E-state index in [1.165, 1.54) is 7.11 Å². The summed E-state index contributed by atoms with van der Waals surface area (Å²) in [4.78, 5) is 48.7. The lowest BCUT2D eigenvalue weighted by Crippen LogP contribution is -2.35. The van der Waals surface area contributed by atoms with E-state index < -0.39 is 23.6 Å². The van der Waals surface area contributed by atoms with Gasteiger partial charge in [-0.15, -0.1) is 0 Å². The van der Waals surface area contributed by atoms with Crippen molar-refractivity contribution >= 4 is 29.3 Å². The number of amides is 1. The number of ketones is 1. The normalized spacial score (nSPS) is 12.7. The highest BCUT2D eigenvalue weighted by molar-refractivity contribution is 6.52. The number of esters is 2. The van der Waals surface area contributed by atoms with Crippen molar-refractivity contribution in [2.24, 2.45) is 0 Å². The first-order valence-electron chi connectivity index (χ1n) is 7.79. The van der Waals surface area contributed by atoms with Crippen molar-refractivity contribution in [2.45, 2.75) is 6.61 Å². The fraction of sp³-hybridized carbons (Fsp3) is 0.158. The molecule has 2 aromatic rings. The summed E-state index contributed by atoms with van der Waals surface area (Å²) in [6.07, 6.45) is 0. The quantitative estimate of drug-likeness (QED) is 0.601. The molecule has 0 fully saturated rings. The molecule has 1 aliphatic rings. The number of carbonyl (C=O) groups is 4. The van der Waals surface area contributed by atoms with E-state index in [0.29, 0.717) is 16.8 Å². The van der Waals surface area contributed by atoms with Crippen molar-refractivity contribution in [3.8, 4) is 0 Å². The van der Waals surface area contributed by atoms with E-state index in [1.807, 2.05) is 0 Å². The number of methoxy groups -OCH3 is 1. The Labute approximate surface area is 149 Å². The molecule has 0 aliphatic carbocycles. The SMILES string of the molecule is COC(=O)c1cccc(COC(=O)CN2C(=O)C(=O)c3ccccc32)c1. The first-order valence-corrected chi connectivity index (χ1v) is 7.79. The highest BCUT2D eigenvalue weighted by atomic mass is 16.5. The molecule has 0 aromatic heterocycles. The van der Waals surface area contributed by atoms with Gasteiger partial charge in [-0.05, 0) is 29.8 Å². The molecule has 7 heteroatoms. The zero-order chi connectivity index (χ0) is 18.7. The van der Waals surface area contributed by atoms with Gasteiger partial charge in [0.05, 0.1) is 23.9 Å². The van der Waals surface area contributed by atoms with E-state index in [9.17, 15) is 19.2 Å². The van der Waals surface area contributed by atoms with Gasteiger partial charge in [-0.3, -0.25) is 19.3 Å². The second-order valence-electron chi connectivity index (χ2n) is 5.59. The number of nitrogens with zero attached hydrogens (tertiary/aromatic N) is 1. The number of rotatable bonds is 5. The summed E-state index contributed by atoms with van der Waals surface area (Å²) in [5.74, 6) is -2.54. The first-order chi connectivity index (χ1) is 12.5. The maximum absolute atomic E-state index is 12.1. The largest absolute Gasteiger partial charge is 0.465 e. The standard InChI is InChI=1S/C19H15NO6/c1-25-19(24)13-6-4-5-12(9-13)11-26-16(21)10-20-15-8-3-2-7-14(15)17(22)18(20)23/h2-9H,10-11H2,1H3. The molecule has 3 rings (SSSR count). The second kappa shape index (κ2) is 7.18. The molecule has 7 nitrogen and oxygen atoms in total. The minimum Gasteiger partial charge on any atom is -0.465 e. The summed E-state index contributed by atoms with van der Waals surface area (Å²) in [7, 11) is 1.28. The highest BCUT2D eigenvalue weighted by Crippen LogP contribution is 2.28. The summed E-state index contributed by atoms with van der Waals surface area (Å²) in [5, 5.41) is 0. The van der Waals surface area contributed by atoms with Gasteiger partial charge in [0.1, 0.15) is 13.2 Å². The van der Waals surface area contributed by atoms with E-state index in [0.717, 1.165) is 4.90 Å². The van der Waals surface area contributed by atoms with E-state index >= 15 is 0 Å². The summed E-state index contributed by atoms with van der Waals surface area (Å²) in [6.45, 7) is -0.431. The minimum atomic E-state index is -0.754. The molecule has 1 amide bonds. The van der Waals surface area contributed by atoms with Crippen LogP contribution in [0.4, 0.5) is 5.69 Å². The van der Waals surface area contributed by atoms with E-state index in [-0.39, 0.29) is 18.7 Å². The molecule has 0 saturated heterocycles. The molecule has 0 spiro atoms. The van der Waals surface area contributed by atoms with Crippen molar-refractivity contribution < 1.29 is 28.7 Å². The summed E-state index contributed by atoms with van der Waals surface area (Å²) < 4.78 is 9.80. The number of carbonyl (C=O) groups excluding carboxylic acids is 4. The molecule has 1 aliphatic heterocycles. The van der Waals surface area contributed by atoms with Gasteiger partial charge in [0.15, 0.2) is 0 Å². The Hall–Kier alpha value is -3.48. The molecule has 0 unspecified atom stereocenters. The van der Waals surface area contributed by atoms with Crippen LogP contribution < -0.4 is 4.90 Å². The second-order valence-corrected chi connectivity index (χ2v) is 5.59. The molecular formula is C19H15NO6. The van der Waals surface area contributed by atoms with Crippen molar-refractivity contribution in [3.63, 3.8) is 0 Å². The van der Waals surface area contributed by atoms with Crippen LogP contribution in [0.5, 0.6) is 0 Å². The lowest BCUT2D eigenvalue weighted by atomic mass is 10.1. The predicted molar refractivity (Wildman–Crippen MR) is 90.7 cm³/mol. The number of anilines is 1. The van der Waals surface area contributed by atoms with Crippen LogP contribution in [-0.2, 0) is 25.7 Å². The van der Waals surface area contributed by atoms with Gasteiger partial charge in [0.2, 0.25) is 0 Å². The molecule has 0 atom stereocenters. The Bertz CT molecular complexity index is 904. The maximum atomic E-state index is 12.1. The first kappa shape index (κ1) is 17.3. The molecular weight excluding hydrogens is 338 g/mol. The minimum absolute atomic E-state index is 0.0682. The third kappa shape index (κ3) is 3.32. The number of benzene rings is 2. The molecule has 132 valence electrons. The van der Waals surface area contributed by atoms with Crippen LogP contribution in [0, 0.1) is 0 Å². The number of fused-ring (bicyclic) bond motifs is 1. The van der Waals surface area contributed by atoms with E-state index in [1.54, 1.807) is 48.5 Å². The smallest absolute Gasteiger partial charge is 0.337 e. The van der Waals surface area contributed by atoms with Crippen molar-refractivity contribution in [2.75, 3.05) is 18.6 Å². The Morgan fingerprint density at radius 1 is 1.04 bits per heavy atom. The van der Waals surface area contributed by atoms with Crippen LogP contribution in [-0.4, -0.2) is 37.3 Å². The number of hydrogen-bond donors (Lipinski definition) is 0. The Balaban J connectivity index is 1.64. The number of Topliss-reactive ketones (excluding diaryl/α,β-unsaturated/α-hetero) is 1. The van der Waals surface area contributed by atoms with Gasteiger partial charge in [-0.25, -0.2) is 4.79 Å². The van der Waals surface area contributed by atoms with Crippen LogP contribution in [0.1, 0.15) is 26.3 Å². The van der Waals surface area contributed by atoms with E-state index in [4.69, 9.17) is 4.74 Å². The van der Waals surface area contributed by atoms with Crippen LogP contribution in [0.3, 0.4) is 0 Å². The maximum Gasteiger partial charge on any atom is 0.337 e. The zero-order valence-corrected chi connectivity index (χ0v) is 13.9. The van der Waals surface area contributed by atoms with Crippen LogP contribution in [0.15, 0.2) is 48.5 Å². The topological polar surface area (TPSA) is 90.0 Å². The molecule has 0 radical (unpaired) electrons. The molecule has 0 saturated carbocycles. The van der Waals surface area contributed by atoms with Gasteiger partial charge in [0.25, 0.3) is 11.7 Å². The number of para-hydroxylation sites is 1. The van der Waals surface area contributed by atoms with Gasteiger partial charge in [-0.1, -0.05) is 24.3 Å². The van der Waals surface area contributed by atoms with Crippen LogP contribution in [0.25, 0.3) is 0 Å². The average Bonchev–Trinajstić information content (AvgIpc) is 2.91. The highest BCUT2D eigenvalue weighted by Gasteiger charge is 2.36. The summed E-state index contributed by atoms with van der Waals surface area (Å²) >= 11 is 0. The van der Waals surface area contributed by atoms with Gasteiger partial charge >= 0.3 is 11.9 Å². The van der Waals surface area contributed by atoms with Crippen molar-refractivity contribution in [3.05, 3.63) is 65.2 Å². The molecule has 0 N–H and O–H groups in total.